The van der Waals surface area contributed by atoms with Crippen LogP contribution < -0.4 is 0 Å². The minimum Gasteiger partial charge on any atom is -0.362 e. The maximum absolute atomic E-state index is 13.6. The van der Waals surface area contributed by atoms with E-state index in [4.69, 9.17) is 9.29 Å². The van der Waals surface area contributed by atoms with Gasteiger partial charge in [-0.05, 0) is 6.07 Å². The summed E-state index contributed by atoms with van der Waals surface area (Å²) in [7, 11) is -3.67. The molecule has 7 nitrogen and oxygen atoms in total. The molecular weight excluding hydrogens is 320 g/mol. The predicted octanol–water partition coefficient (Wildman–Crippen LogP) is 0.986. The molecule has 2 aromatic rings. The van der Waals surface area contributed by atoms with E-state index in [9.17, 15) is 17.2 Å². The molecule has 0 aliphatic carbocycles. The van der Waals surface area contributed by atoms with Crippen molar-refractivity contribution in [3.63, 3.8) is 0 Å². The molecule has 0 saturated carbocycles. The van der Waals surface area contributed by atoms with Crippen LogP contribution in [0.4, 0.5) is 8.78 Å². The summed E-state index contributed by atoms with van der Waals surface area (Å²) in [6, 6.07) is 3.50. The highest BCUT2D eigenvalue weighted by Gasteiger charge is 2.49. The Balaban J connectivity index is 0.000000309. The number of aromatic nitrogens is 3. The first-order chi connectivity index (χ1) is 10.2. The fourth-order valence-electron chi connectivity index (χ4n) is 1.85. The van der Waals surface area contributed by atoms with Crippen LogP contribution in [0.1, 0.15) is 5.56 Å². The lowest BCUT2D eigenvalue weighted by molar-refractivity contribution is 0.262. The van der Waals surface area contributed by atoms with Gasteiger partial charge in [-0.1, -0.05) is 6.07 Å². The molecule has 1 unspecified atom stereocenters. The smallest absolute Gasteiger partial charge is 0.261 e. The first-order valence-corrected chi connectivity index (χ1v) is 7.89. The lowest BCUT2D eigenvalue weighted by Crippen LogP contribution is -2.19. The van der Waals surface area contributed by atoms with E-state index in [0.717, 1.165) is 6.07 Å². The van der Waals surface area contributed by atoms with Crippen LogP contribution in [0.15, 0.2) is 30.9 Å². The van der Waals surface area contributed by atoms with Crippen LogP contribution in [0, 0.1) is 11.6 Å². The maximum Gasteiger partial charge on any atom is 0.261 e. The van der Waals surface area contributed by atoms with Gasteiger partial charge in [-0.15, -0.1) is 0 Å². The number of hydrogen-bond donors (Lipinski definition) is 1. The summed E-state index contributed by atoms with van der Waals surface area (Å²) < 4.78 is 59.2. The van der Waals surface area contributed by atoms with Crippen molar-refractivity contribution in [2.45, 2.75) is 12.1 Å². The van der Waals surface area contributed by atoms with Gasteiger partial charge in [0.25, 0.3) is 10.1 Å². The van der Waals surface area contributed by atoms with E-state index in [1.165, 1.54) is 24.8 Å². The molecule has 1 fully saturated rings. The summed E-state index contributed by atoms with van der Waals surface area (Å²) in [5.41, 5.74) is -0.375. The topological polar surface area (TPSA) is 97.6 Å². The average Bonchev–Trinajstić information content (AvgIpc) is 2.94. The lowest BCUT2D eigenvalue weighted by Gasteiger charge is -2.12. The fraction of sp³-hybridized carbons (Fsp3) is 0.333. The van der Waals surface area contributed by atoms with E-state index < -0.39 is 27.4 Å². The maximum atomic E-state index is 13.6. The van der Waals surface area contributed by atoms with Crippen molar-refractivity contribution < 1.29 is 26.5 Å². The van der Waals surface area contributed by atoms with Gasteiger partial charge in [0.2, 0.25) is 0 Å². The second-order valence-electron chi connectivity index (χ2n) is 4.73. The molecule has 22 heavy (non-hydrogen) atoms. The van der Waals surface area contributed by atoms with Gasteiger partial charge in [-0.25, -0.2) is 18.4 Å². The fourth-order valence-corrected chi connectivity index (χ4v) is 1.85. The zero-order valence-corrected chi connectivity index (χ0v) is 12.3. The summed E-state index contributed by atoms with van der Waals surface area (Å²) in [5, 5.41) is 3.94. The third kappa shape index (κ3) is 4.55. The van der Waals surface area contributed by atoms with Crippen LogP contribution in [0.5, 0.6) is 0 Å². The summed E-state index contributed by atoms with van der Waals surface area (Å²) in [6.07, 6.45) is 3.65. The van der Waals surface area contributed by atoms with Crippen LogP contribution in [0.25, 0.3) is 0 Å². The second-order valence-corrected chi connectivity index (χ2v) is 6.20. The molecule has 1 saturated heterocycles. The zero-order valence-electron chi connectivity index (χ0n) is 11.5. The van der Waals surface area contributed by atoms with Gasteiger partial charge in [-0.2, -0.15) is 13.5 Å². The molecule has 1 N–H and O–H groups in total. The highest BCUT2D eigenvalue weighted by Crippen LogP contribution is 2.41. The van der Waals surface area contributed by atoms with Gasteiger partial charge >= 0.3 is 0 Å². The molecule has 2 heterocycles. The Hall–Kier alpha value is -1.91. The molecule has 0 amide bonds. The Labute approximate surface area is 125 Å². The largest absolute Gasteiger partial charge is 0.362 e. The first-order valence-electron chi connectivity index (χ1n) is 6.04. The number of halogens is 2. The molecular formula is C12H13F2N3O4S. The van der Waals surface area contributed by atoms with Crippen molar-refractivity contribution in [2.24, 2.45) is 0 Å². The number of benzene rings is 1. The second kappa shape index (κ2) is 6.07. The Morgan fingerprint density at radius 1 is 1.45 bits per heavy atom. The SMILES string of the molecule is CS(=O)(=O)O.Fc1ccc(C2(Cn3cncn3)CO2)c(F)c1. The van der Waals surface area contributed by atoms with Gasteiger partial charge in [0, 0.05) is 11.6 Å². The average molecular weight is 333 g/mol. The lowest BCUT2D eigenvalue weighted by atomic mass is 9.99. The highest BCUT2D eigenvalue weighted by molar-refractivity contribution is 7.85. The molecule has 10 heteroatoms. The molecule has 1 atom stereocenters. The van der Waals surface area contributed by atoms with Crippen molar-refractivity contribution in [1.82, 2.24) is 14.8 Å². The normalized spacial score (nSPS) is 20.2. The van der Waals surface area contributed by atoms with Crippen LogP contribution in [0.3, 0.4) is 0 Å². The van der Waals surface area contributed by atoms with Crippen molar-refractivity contribution in [2.75, 3.05) is 12.9 Å². The third-order valence-electron chi connectivity index (χ3n) is 2.80. The van der Waals surface area contributed by atoms with Gasteiger partial charge in [-0.3, -0.25) is 4.55 Å². The molecule has 1 aliphatic rings. The highest BCUT2D eigenvalue weighted by atomic mass is 32.2. The van der Waals surface area contributed by atoms with Crippen molar-refractivity contribution >= 4 is 10.1 Å². The molecule has 120 valence electrons. The Bertz CT molecular complexity index is 738. The molecule has 1 aliphatic heterocycles. The summed E-state index contributed by atoms with van der Waals surface area (Å²) in [5.74, 6) is -1.19. The molecule has 0 spiro atoms. The van der Waals surface area contributed by atoms with Gasteiger partial charge in [0.15, 0.2) is 0 Å². The van der Waals surface area contributed by atoms with Gasteiger partial charge in [0.1, 0.15) is 29.9 Å². The van der Waals surface area contributed by atoms with Crippen molar-refractivity contribution in [3.05, 3.63) is 48.1 Å². The number of nitrogens with zero attached hydrogens (tertiary/aromatic N) is 3. The summed E-state index contributed by atoms with van der Waals surface area (Å²) in [6.45, 7) is 0.769. The van der Waals surface area contributed by atoms with E-state index in [-0.39, 0.29) is 0 Å². The molecule has 1 aromatic carbocycles. The van der Waals surface area contributed by atoms with Gasteiger partial charge in [0.05, 0.1) is 19.4 Å². The monoisotopic (exact) mass is 333 g/mol. The Morgan fingerprint density at radius 2 is 2.09 bits per heavy atom. The zero-order chi connectivity index (χ0) is 16.4. The molecule has 0 bridgehead atoms. The number of ether oxygens (including phenoxy) is 1. The standard InChI is InChI=1S/C11H9F2N3O.CH4O3S/c12-8-1-2-9(10(13)3-8)11(5-17-11)4-16-7-14-6-15-16;1-5(2,3)4/h1-3,6-7H,4-5H2;1H3,(H,2,3,4). The van der Waals surface area contributed by atoms with E-state index in [0.29, 0.717) is 25.0 Å². The van der Waals surface area contributed by atoms with Crippen LogP contribution in [0.2, 0.25) is 0 Å². The minimum absolute atomic E-state index is 0.356. The molecule has 0 radical (unpaired) electrons. The van der Waals surface area contributed by atoms with Crippen molar-refractivity contribution in [3.8, 4) is 0 Å². The summed E-state index contributed by atoms with van der Waals surface area (Å²) in [4.78, 5) is 3.81. The van der Waals surface area contributed by atoms with Crippen molar-refractivity contribution in [1.29, 1.82) is 0 Å². The third-order valence-corrected chi connectivity index (χ3v) is 2.80. The number of hydrogen-bond acceptors (Lipinski definition) is 5. The minimum atomic E-state index is -3.67. The Kier molecular flexibility index (Phi) is 4.54. The van der Waals surface area contributed by atoms with Crippen LogP contribution in [-0.2, 0) is 27.0 Å². The first kappa shape index (κ1) is 16.5. The van der Waals surface area contributed by atoms with Crippen LogP contribution in [-0.4, -0.2) is 40.6 Å². The number of epoxide rings is 1. The van der Waals surface area contributed by atoms with E-state index in [1.807, 2.05) is 0 Å². The summed E-state index contributed by atoms with van der Waals surface area (Å²) >= 11 is 0. The number of rotatable bonds is 3. The van der Waals surface area contributed by atoms with E-state index >= 15 is 0 Å². The van der Waals surface area contributed by atoms with E-state index in [2.05, 4.69) is 10.1 Å². The Morgan fingerprint density at radius 3 is 2.55 bits per heavy atom. The molecule has 1 aromatic heterocycles. The van der Waals surface area contributed by atoms with Crippen LogP contribution >= 0.6 is 0 Å². The van der Waals surface area contributed by atoms with E-state index in [1.54, 1.807) is 4.68 Å². The predicted molar refractivity (Wildman–Crippen MR) is 71.5 cm³/mol. The quantitative estimate of drug-likeness (QED) is 0.664. The molecule has 3 rings (SSSR count). The van der Waals surface area contributed by atoms with Gasteiger partial charge < -0.3 is 4.74 Å².